The fourth-order valence-electron chi connectivity index (χ4n) is 1.15. The van der Waals surface area contributed by atoms with Gasteiger partial charge in [-0.3, -0.25) is 0 Å². The van der Waals surface area contributed by atoms with Crippen molar-refractivity contribution in [2.45, 2.75) is 24.7 Å². The molecule has 4 heteroatoms. The first-order valence-electron chi connectivity index (χ1n) is 3.46. The highest BCUT2D eigenvalue weighted by molar-refractivity contribution is 4.85. The highest BCUT2D eigenvalue weighted by atomic mass is 16.3. The fraction of sp³-hybridized carbons (Fsp3) is 1.00. The summed E-state index contributed by atoms with van der Waals surface area (Å²) >= 11 is 0. The Morgan fingerprint density at radius 3 is 2.60 bits per heavy atom. The van der Waals surface area contributed by atoms with E-state index in [1.54, 1.807) is 0 Å². The summed E-state index contributed by atoms with van der Waals surface area (Å²) in [6.45, 7) is 0.529. The van der Waals surface area contributed by atoms with E-state index >= 15 is 0 Å². The topological polar surface area (TPSA) is 72.7 Å². The lowest BCUT2D eigenvalue weighted by Crippen LogP contribution is -2.54. The fourth-order valence-corrected chi connectivity index (χ4v) is 1.15. The molecule has 0 aliphatic carbocycles. The van der Waals surface area contributed by atoms with Crippen LogP contribution in [0.2, 0.25) is 0 Å². The lowest BCUT2D eigenvalue weighted by molar-refractivity contribution is -0.0382. The summed E-state index contributed by atoms with van der Waals surface area (Å²) in [7, 11) is 0. The molecule has 0 amide bonds. The minimum absolute atomic E-state index is 0.127. The summed E-state index contributed by atoms with van der Waals surface area (Å²) in [6, 6.07) is -0.358. The van der Waals surface area contributed by atoms with Gasteiger partial charge in [-0.25, -0.2) is 0 Å². The number of hydrogen-bond donors (Lipinski definition) is 4. The predicted molar refractivity (Wildman–Crippen MR) is 35.5 cm³/mol. The summed E-state index contributed by atoms with van der Waals surface area (Å²) in [4.78, 5) is 0. The van der Waals surface area contributed by atoms with Gasteiger partial charge < -0.3 is 20.6 Å². The summed E-state index contributed by atoms with van der Waals surface area (Å²) in [5.74, 6) is 0. The van der Waals surface area contributed by atoms with Crippen LogP contribution in [0.15, 0.2) is 0 Å². The monoisotopic (exact) mass is 147 g/mol. The van der Waals surface area contributed by atoms with Crippen LogP contribution >= 0.6 is 0 Å². The van der Waals surface area contributed by atoms with E-state index in [0.29, 0.717) is 13.0 Å². The predicted octanol–water partition coefficient (Wildman–Crippen LogP) is -1.94. The van der Waals surface area contributed by atoms with Gasteiger partial charge in [-0.1, -0.05) is 0 Å². The van der Waals surface area contributed by atoms with Crippen molar-refractivity contribution in [2.75, 3.05) is 13.2 Å². The van der Waals surface area contributed by atoms with Crippen molar-refractivity contribution in [3.05, 3.63) is 0 Å². The normalized spacial score (nSPS) is 41.7. The standard InChI is InChI=1S/C6H13NO3/c8-3-4-6(10)5(9)1-2-7-4/h4-10H,1-3H2/t4-,5-,6-/m0/s1. The van der Waals surface area contributed by atoms with Crippen LogP contribution in [-0.4, -0.2) is 46.7 Å². The largest absolute Gasteiger partial charge is 0.395 e. The Labute approximate surface area is 59.5 Å². The summed E-state index contributed by atoms with van der Waals surface area (Å²) in [5, 5.41) is 29.8. The Morgan fingerprint density at radius 2 is 2.10 bits per heavy atom. The maximum absolute atomic E-state index is 9.16. The lowest BCUT2D eigenvalue weighted by atomic mass is 9.99. The van der Waals surface area contributed by atoms with Crippen LogP contribution in [-0.2, 0) is 0 Å². The number of aliphatic hydroxyl groups is 3. The molecule has 4 nitrogen and oxygen atoms in total. The van der Waals surface area contributed by atoms with Crippen LogP contribution in [0, 0.1) is 0 Å². The van der Waals surface area contributed by atoms with Gasteiger partial charge in [-0.05, 0) is 13.0 Å². The van der Waals surface area contributed by atoms with E-state index in [2.05, 4.69) is 5.32 Å². The van der Waals surface area contributed by atoms with Crippen LogP contribution in [0.1, 0.15) is 6.42 Å². The first-order chi connectivity index (χ1) is 4.75. The van der Waals surface area contributed by atoms with E-state index in [4.69, 9.17) is 15.3 Å². The highest BCUT2D eigenvalue weighted by Crippen LogP contribution is 2.08. The SMILES string of the molecule is OC[C@@H]1NCC[C@H](O)[C@H]1O. The molecule has 1 aliphatic rings. The molecule has 1 fully saturated rings. The van der Waals surface area contributed by atoms with Gasteiger partial charge in [0.2, 0.25) is 0 Å². The zero-order valence-electron chi connectivity index (χ0n) is 5.70. The van der Waals surface area contributed by atoms with Crippen LogP contribution < -0.4 is 5.32 Å². The maximum Gasteiger partial charge on any atom is 0.0974 e. The molecule has 0 saturated carbocycles. The average Bonchev–Trinajstić information content (AvgIpc) is 1.95. The van der Waals surface area contributed by atoms with Crippen LogP contribution in [0.3, 0.4) is 0 Å². The van der Waals surface area contributed by atoms with E-state index in [-0.39, 0.29) is 12.6 Å². The molecule has 4 N–H and O–H groups in total. The van der Waals surface area contributed by atoms with Crippen molar-refractivity contribution >= 4 is 0 Å². The molecule has 0 aromatic carbocycles. The molecule has 10 heavy (non-hydrogen) atoms. The second-order valence-electron chi connectivity index (χ2n) is 2.59. The van der Waals surface area contributed by atoms with E-state index in [1.807, 2.05) is 0 Å². The highest BCUT2D eigenvalue weighted by Gasteiger charge is 2.28. The molecule has 1 heterocycles. The van der Waals surface area contributed by atoms with E-state index in [1.165, 1.54) is 0 Å². The van der Waals surface area contributed by atoms with Gasteiger partial charge in [-0.2, -0.15) is 0 Å². The molecule has 0 unspecified atom stereocenters. The Kier molecular flexibility index (Phi) is 2.62. The minimum atomic E-state index is -0.821. The maximum atomic E-state index is 9.16. The molecule has 0 radical (unpaired) electrons. The van der Waals surface area contributed by atoms with Gasteiger partial charge in [0, 0.05) is 0 Å². The molecule has 0 bridgehead atoms. The zero-order chi connectivity index (χ0) is 7.56. The summed E-state index contributed by atoms with van der Waals surface area (Å²) in [6.07, 6.45) is -0.949. The van der Waals surface area contributed by atoms with Crippen molar-refractivity contribution in [2.24, 2.45) is 0 Å². The van der Waals surface area contributed by atoms with Crippen LogP contribution in [0.5, 0.6) is 0 Å². The number of hydrogen-bond acceptors (Lipinski definition) is 4. The molecule has 0 aromatic rings. The zero-order valence-corrected chi connectivity index (χ0v) is 5.70. The third-order valence-electron chi connectivity index (χ3n) is 1.85. The summed E-state index contributed by atoms with van der Waals surface area (Å²) < 4.78 is 0. The van der Waals surface area contributed by atoms with Gasteiger partial charge >= 0.3 is 0 Å². The molecule has 0 spiro atoms. The molecular formula is C6H13NO3. The van der Waals surface area contributed by atoms with Gasteiger partial charge in [-0.15, -0.1) is 0 Å². The second kappa shape index (κ2) is 3.30. The van der Waals surface area contributed by atoms with Crippen LogP contribution in [0.25, 0.3) is 0 Å². The first-order valence-corrected chi connectivity index (χ1v) is 3.46. The number of rotatable bonds is 1. The van der Waals surface area contributed by atoms with Crippen molar-refractivity contribution < 1.29 is 15.3 Å². The number of piperidine rings is 1. The number of aliphatic hydroxyl groups excluding tert-OH is 3. The van der Waals surface area contributed by atoms with E-state index < -0.39 is 12.2 Å². The molecule has 3 atom stereocenters. The quantitative estimate of drug-likeness (QED) is 0.348. The molecule has 1 saturated heterocycles. The van der Waals surface area contributed by atoms with Gasteiger partial charge in [0.1, 0.15) is 0 Å². The third-order valence-corrected chi connectivity index (χ3v) is 1.85. The lowest BCUT2D eigenvalue weighted by Gasteiger charge is -2.31. The van der Waals surface area contributed by atoms with Gasteiger partial charge in [0.15, 0.2) is 0 Å². The Hall–Kier alpha value is -0.160. The molecule has 1 rings (SSSR count). The molecular weight excluding hydrogens is 134 g/mol. The minimum Gasteiger partial charge on any atom is -0.395 e. The van der Waals surface area contributed by atoms with Gasteiger partial charge in [0.25, 0.3) is 0 Å². The molecule has 1 aliphatic heterocycles. The van der Waals surface area contributed by atoms with E-state index in [9.17, 15) is 0 Å². The average molecular weight is 147 g/mol. The third kappa shape index (κ3) is 1.46. The van der Waals surface area contributed by atoms with Gasteiger partial charge in [0.05, 0.1) is 24.9 Å². The smallest absolute Gasteiger partial charge is 0.0974 e. The Balaban J connectivity index is 2.42. The number of nitrogens with one attached hydrogen (secondary N) is 1. The van der Waals surface area contributed by atoms with E-state index in [0.717, 1.165) is 0 Å². The van der Waals surface area contributed by atoms with Crippen molar-refractivity contribution in [1.29, 1.82) is 0 Å². The van der Waals surface area contributed by atoms with Crippen molar-refractivity contribution in [3.8, 4) is 0 Å². The Morgan fingerprint density at radius 1 is 1.40 bits per heavy atom. The Bertz CT molecular complexity index is 109. The first kappa shape index (κ1) is 7.94. The second-order valence-corrected chi connectivity index (χ2v) is 2.59. The molecule has 60 valence electrons. The summed E-state index contributed by atoms with van der Waals surface area (Å²) in [5.41, 5.74) is 0. The van der Waals surface area contributed by atoms with Crippen LogP contribution in [0.4, 0.5) is 0 Å². The molecule has 0 aromatic heterocycles. The van der Waals surface area contributed by atoms with Crippen molar-refractivity contribution in [3.63, 3.8) is 0 Å². The van der Waals surface area contributed by atoms with Crippen molar-refractivity contribution in [1.82, 2.24) is 5.32 Å².